The van der Waals surface area contributed by atoms with Gasteiger partial charge in [0.2, 0.25) is 0 Å². The zero-order valence-corrected chi connectivity index (χ0v) is 19.7. The summed E-state index contributed by atoms with van der Waals surface area (Å²) in [5.74, 6) is -0.987. The number of nitrogens with zero attached hydrogens (tertiary/aromatic N) is 4. The van der Waals surface area contributed by atoms with Gasteiger partial charge in [0.15, 0.2) is 6.10 Å². The molecule has 34 heavy (non-hydrogen) atoms. The highest BCUT2D eigenvalue weighted by Gasteiger charge is 2.45. The summed E-state index contributed by atoms with van der Waals surface area (Å²) in [6.45, 7) is 5.33. The van der Waals surface area contributed by atoms with Crippen LogP contribution in [0.25, 0.3) is 0 Å². The third kappa shape index (κ3) is 6.44. The monoisotopic (exact) mass is 508 g/mol. The summed E-state index contributed by atoms with van der Waals surface area (Å²) in [5, 5.41) is 8.00. The van der Waals surface area contributed by atoms with E-state index in [1.165, 1.54) is 9.58 Å². The molecule has 2 heterocycles. The van der Waals surface area contributed by atoms with E-state index >= 15 is 0 Å². The van der Waals surface area contributed by atoms with Crippen molar-refractivity contribution in [1.82, 2.24) is 19.9 Å². The number of alkyl halides is 3. The van der Waals surface area contributed by atoms with Gasteiger partial charge in [0, 0.05) is 13.0 Å². The fourth-order valence-electron chi connectivity index (χ4n) is 3.45. The molecule has 1 unspecified atom stereocenters. The number of hydrogen-bond acceptors (Lipinski definition) is 7. The Hall–Kier alpha value is -2.74. The third-order valence-electron chi connectivity index (χ3n) is 4.81. The van der Waals surface area contributed by atoms with Gasteiger partial charge in [-0.1, -0.05) is 11.3 Å². The Balaban J connectivity index is 1.89. The Bertz CT molecular complexity index is 1170. The molecule has 0 spiro atoms. The highest BCUT2D eigenvalue weighted by Crippen LogP contribution is 2.39. The van der Waals surface area contributed by atoms with Crippen molar-refractivity contribution in [1.29, 1.82) is 0 Å². The molecule has 1 aliphatic heterocycles. The van der Waals surface area contributed by atoms with Crippen molar-refractivity contribution in [2.45, 2.75) is 58.2 Å². The maximum absolute atomic E-state index is 13.9. The third-order valence-corrected chi connectivity index (χ3v) is 5.35. The van der Waals surface area contributed by atoms with E-state index in [-0.39, 0.29) is 25.2 Å². The summed E-state index contributed by atoms with van der Waals surface area (Å²) in [4.78, 5) is 13.8. The molecule has 0 aliphatic carbocycles. The summed E-state index contributed by atoms with van der Waals surface area (Å²) < 4.78 is 88.6. The Labute approximate surface area is 193 Å². The van der Waals surface area contributed by atoms with Gasteiger partial charge in [-0.2, -0.15) is 21.6 Å². The number of hydrogen-bond donors (Lipinski definition) is 0. The van der Waals surface area contributed by atoms with Crippen LogP contribution in [0.4, 0.5) is 22.4 Å². The van der Waals surface area contributed by atoms with Crippen LogP contribution in [0.2, 0.25) is 0 Å². The molecular formula is C20H24F4N4O5S. The van der Waals surface area contributed by atoms with Crippen molar-refractivity contribution < 1.29 is 39.7 Å². The van der Waals surface area contributed by atoms with Gasteiger partial charge in [-0.25, -0.2) is 13.9 Å². The van der Waals surface area contributed by atoms with Crippen LogP contribution >= 0.6 is 0 Å². The average molecular weight is 508 g/mol. The van der Waals surface area contributed by atoms with E-state index in [9.17, 15) is 30.8 Å². The predicted molar refractivity (Wildman–Crippen MR) is 111 cm³/mol. The largest absolute Gasteiger partial charge is 0.444 e. The fraction of sp³-hybridized carbons (Fsp3) is 0.550. The maximum atomic E-state index is 13.9. The molecule has 3 rings (SSSR count). The van der Waals surface area contributed by atoms with Crippen molar-refractivity contribution in [3.8, 4) is 0 Å². The minimum atomic E-state index is -5.12. The van der Waals surface area contributed by atoms with E-state index in [0.717, 1.165) is 12.1 Å². The van der Waals surface area contributed by atoms with Gasteiger partial charge in [-0.15, -0.1) is 5.10 Å². The zero-order valence-electron chi connectivity index (χ0n) is 18.9. The van der Waals surface area contributed by atoms with Crippen molar-refractivity contribution in [3.05, 3.63) is 46.5 Å². The molecule has 9 nitrogen and oxygen atoms in total. The lowest BCUT2D eigenvalue weighted by molar-refractivity contribution is -0.196. The molecule has 1 aliphatic rings. The van der Waals surface area contributed by atoms with Gasteiger partial charge in [-0.05, 0) is 44.0 Å². The molecule has 1 aromatic heterocycles. The lowest BCUT2D eigenvalue weighted by atomic mass is 10.0. The lowest BCUT2D eigenvalue weighted by Crippen LogP contribution is -2.40. The van der Waals surface area contributed by atoms with Crippen LogP contribution in [0.5, 0.6) is 0 Å². The second-order valence-electron chi connectivity index (χ2n) is 8.86. The van der Waals surface area contributed by atoms with Crippen LogP contribution in [0, 0.1) is 5.82 Å². The summed E-state index contributed by atoms with van der Waals surface area (Å²) in [6, 6.07) is 2.66. The van der Waals surface area contributed by atoms with E-state index in [1.807, 2.05) is 0 Å². The molecule has 0 saturated heterocycles. The van der Waals surface area contributed by atoms with E-state index in [0.29, 0.717) is 30.1 Å². The van der Waals surface area contributed by atoms with Gasteiger partial charge in [-0.3, -0.25) is 4.18 Å². The fourth-order valence-corrected chi connectivity index (χ4v) is 4.01. The van der Waals surface area contributed by atoms with Crippen LogP contribution in [0.15, 0.2) is 18.2 Å². The van der Waals surface area contributed by atoms with Gasteiger partial charge in [0.25, 0.3) is 10.1 Å². The van der Waals surface area contributed by atoms with Crippen LogP contribution in [0.1, 0.15) is 49.4 Å². The van der Waals surface area contributed by atoms with E-state index < -0.39 is 45.5 Å². The van der Waals surface area contributed by atoms with Crippen LogP contribution < -0.4 is 0 Å². The molecule has 2 aromatic rings. The molecule has 0 fully saturated rings. The SMILES string of the molecule is CC(C)(C)OC(=O)N1CCc2c(nnn2Cc2ccc(F)cc2C(OS(C)(=O)=O)C(F)(F)F)C1. The summed E-state index contributed by atoms with van der Waals surface area (Å²) in [6.07, 6.45) is -7.76. The number of benzene rings is 1. The smallest absolute Gasteiger partial charge is 0.420 e. The Morgan fingerprint density at radius 1 is 1.24 bits per heavy atom. The lowest BCUT2D eigenvalue weighted by Gasteiger charge is -2.29. The first kappa shape index (κ1) is 25.9. The molecule has 1 aromatic carbocycles. The number of carbonyl (C=O) groups is 1. The highest BCUT2D eigenvalue weighted by atomic mass is 32.2. The number of rotatable bonds is 5. The van der Waals surface area contributed by atoms with Gasteiger partial charge in [0.05, 0.1) is 25.0 Å². The van der Waals surface area contributed by atoms with Crippen molar-refractivity contribution in [2.24, 2.45) is 0 Å². The molecular weight excluding hydrogens is 484 g/mol. The standard InChI is InChI=1S/C20H24F4N4O5S/c1-19(2,3)32-18(29)27-8-7-16-15(11-27)25-26-28(16)10-12-5-6-13(21)9-14(12)17(20(22,23)24)33-34(4,30)31/h5-6,9,17H,7-8,10-11H2,1-4H3. The topological polar surface area (TPSA) is 104 Å². The number of fused-ring (bicyclic) bond motifs is 1. The Morgan fingerprint density at radius 2 is 1.91 bits per heavy atom. The number of aromatic nitrogens is 3. The molecule has 1 amide bonds. The second-order valence-corrected chi connectivity index (χ2v) is 10.5. The molecule has 0 radical (unpaired) electrons. The first-order valence-corrected chi connectivity index (χ1v) is 12.0. The average Bonchev–Trinajstić information content (AvgIpc) is 3.07. The molecule has 0 saturated carbocycles. The number of carbonyl (C=O) groups excluding carboxylic acids is 1. The van der Waals surface area contributed by atoms with Crippen LogP contribution in [0.3, 0.4) is 0 Å². The predicted octanol–water partition coefficient (Wildman–Crippen LogP) is 3.34. The van der Waals surface area contributed by atoms with Crippen molar-refractivity contribution in [2.75, 3.05) is 12.8 Å². The molecule has 0 bridgehead atoms. The summed E-state index contributed by atoms with van der Waals surface area (Å²) in [7, 11) is -4.51. The Kier molecular flexibility index (Phi) is 6.95. The molecule has 188 valence electrons. The quantitative estimate of drug-likeness (QED) is 0.451. The number of ether oxygens (including phenoxy) is 1. The number of amides is 1. The zero-order chi connectivity index (χ0) is 25.5. The molecule has 14 heteroatoms. The van der Waals surface area contributed by atoms with E-state index in [2.05, 4.69) is 14.5 Å². The second kappa shape index (κ2) is 9.13. The van der Waals surface area contributed by atoms with Gasteiger partial charge >= 0.3 is 12.3 Å². The van der Waals surface area contributed by atoms with Crippen molar-refractivity contribution in [3.63, 3.8) is 0 Å². The number of halogens is 4. The van der Waals surface area contributed by atoms with Crippen LogP contribution in [-0.4, -0.2) is 59.0 Å². The maximum Gasteiger partial charge on any atom is 0.420 e. The van der Waals surface area contributed by atoms with Gasteiger partial charge in [0.1, 0.15) is 17.1 Å². The Morgan fingerprint density at radius 3 is 2.50 bits per heavy atom. The summed E-state index contributed by atoms with van der Waals surface area (Å²) >= 11 is 0. The normalized spacial score (nSPS) is 15.7. The first-order valence-electron chi connectivity index (χ1n) is 10.2. The van der Waals surface area contributed by atoms with E-state index in [4.69, 9.17) is 4.74 Å². The minimum absolute atomic E-state index is 0.0466. The molecule has 1 atom stereocenters. The minimum Gasteiger partial charge on any atom is -0.444 e. The summed E-state index contributed by atoms with van der Waals surface area (Å²) in [5.41, 5.74) is -0.386. The van der Waals surface area contributed by atoms with Crippen molar-refractivity contribution >= 4 is 16.2 Å². The van der Waals surface area contributed by atoms with Gasteiger partial charge < -0.3 is 9.64 Å². The van der Waals surface area contributed by atoms with Crippen LogP contribution in [-0.2, 0) is 38.5 Å². The highest BCUT2D eigenvalue weighted by molar-refractivity contribution is 7.86. The molecule has 0 N–H and O–H groups in total. The van der Waals surface area contributed by atoms with E-state index in [1.54, 1.807) is 20.8 Å². The first-order chi connectivity index (χ1) is 15.5.